The number of aromatic nitrogens is 3. The van der Waals surface area contributed by atoms with Crippen molar-refractivity contribution in [2.75, 3.05) is 31.1 Å². The summed E-state index contributed by atoms with van der Waals surface area (Å²) in [6, 6.07) is 6.09. The summed E-state index contributed by atoms with van der Waals surface area (Å²) in [5.74, 6) is 1.39. The Morgan fingerprint density at radius 3 is 2.70 bits per heavy atom. The van der Waals surface area contributed by atoms with Gasteiger partial charge in [-0.3, -0.25) is 0 Å². The van der Waals surface area contributed by atoms with Crippen molar-refractivity contribution < 1.29 is 5.11 Å². The van der Waals surface area contributed by atoms with E-state index in [1.165, 1.54) is 16.5 Å². The van der Waals surface area contributed by atoms with Crippen molar-refractivity contribution in [2.45, 2.75) is 19.3 Å². The van der Waals surface area contributed by atoms with Gasteiger partial charge < -0.3 is 19.9 Å². The third-order valence-corrected chi connectivity index (χ3v) is 6.14. The average Bonchev–Trinajstić information content (AvgIpc) is 3.06. The highest BCUT2D eigenvalue weighted by Gasteiger charge is 2.20. The molecule has 30 heavy (non-hydrogen) atoms. The first-order chi connectivity index (χ1) is 14.5. The summed E-state index contributed by atoms with van der Waals surface area (Å²) in [6.45, 7) is 7.40. The Kier molecular flexibility index (Phi) is 6.25. The van der Waals surface area contributed by atoms with Crippen LogP contribution >= 0.6 is 11.6 Å². The van der Waals surface area contributed by atoms with Crippen molar-refractivity contribution in [1.82, 2.24) is 19.9 Å². The Morgan fingerprint density at radius 1 is 1.27 bits per heavy atom. The lowest BCUT2D eigenvalue weighted by Gasteiger charge is -2.32. The van der Waals surface area contributed by atoms with Crippen molar-refractivity contribution >= 4 is 34.2 Å². The molecule has 2 N–H and O–H groups in total. The Hall–Kier alpha value is -2.57. The number of piperidine rings is 1. The van der Waals surface area contributed by atoms with E-state index in [1.54, 1.807) is 12.4 Å². The first-order valence-electron chi connectivity index (χ1n) is 10.4. The minimum Gasteiger partial charge on any atom is -0.508 e. The summed E-state index contributed by atoms with van der Waals surface area (Å²) in [7, 11) is 2.08. The van der Waals surface area contributed by atoms with Gasteiger partial charge in [0.05, 0.1) is 5.56 Å². The molecule has 3 heterocycles. The molecule has 1 saturated heterocycles. The van der Waals surface area contributed by atoms with Gasteiger partial charge in [0.2, 0.25) is 5.95 Å². The zero-order valence-electron chi connectivity index (χ0n) is 17.3. The molecule has 0 spiro atoms. The van der Waals surface area contributed by atoms with Crippen molar-refractivity contribution in [1.29, 1.82) is 0 Å². The van der Waals surface area contributed by atoms with E-state index in [-0.39, 0.29) is 5.76 Å². The smallest absolute Gasteiger partial charge is 0.225 e. The summed E-state index contributed by atoms with van der Waals surface area (Å²) >= 11 is 6.19. The van der Waals surface area contributed by atoms with Gasteiger partial charge >= 0.3 is 0 Å². The Labute approximate surface area is 182 Å². The molecule has 0 atom stereocenters. The van der Waals surface area contributed by atoms with Crippen LogP contribution in [0.2, 0.25) is 5.02 Å². The number of hydrogen-bond donors (Lipinski definition) is 2. The van der Waals surface area contributed by atoms with Crippen molar-refractivity contribution in [2.24, 2.45) is 13.0 Å². The lowest BCUT2D eigenvalue weighted by Crippen LogP contribution is -2.38. The average molecular weight is 426 g/mol. The van der Waals surface area contributed by atoms with Crippen LogP contribution in [0.5, 0.6) is 0 Å². The van der Waals surface area contributed by atoms with Gasteiger partial charge in [-0.2, -0.15) is 0 Å². The maximum atomic E-state index is 9.40. The van der Waals surface area contributed by atoms with E-state index in [4.69, 9.17) is 11.6 Å². The molecule has 0 unspecified atom stereocenters. The van der Waals surface area contributed by atoms with E-state index >= 15 is 0 Å². The van der Waals surface area contributed by atoms with Gasteiger partial charge in [-0.1, -0.05) is 18.2 Å². The number of fused-ring (bicyclic) bond motifs is 1. The molecular formula is C23H28ClN5O. The number of aliphatic hydroxyl groups is 1. The van der Waals surface area contributed by atoms with E-state index in [0.717, 1.165) is 56.4 Å². The van der Waals surface area contributed by atoms with Gasteiger partial charge in [0, 0.05) is 54.7 Å². The number of halogens is 1. The second-order valence-corrected chi connectivity index (χ2v) is 8.47. The van der Waals surface area contributed by atoms with Gasteiger partial charge in [0.1, 0.15) is 5.76 Å². The molecule has 0 bridgehead atoms. The number of benzene rings is 1. The summed E-state index contributed by atoms with van der Waals surface area (Å²) in [4.78, 5) is 10.9. The topological polar surface area (TPSA) is 66.2 Å². The van der Waals surface area contributed by atoms with Crippen LogP contribution in [-0.4, -0.2) is 45.8 Å². The molecule has 0 amide bonds. The van der Waals surface area contributed by atoms with Crippen molar-refractivity contribution in [3.8, 4) is 0 Å². The molecule has 7 heteroatoms. The normalized spacial score (nSPS) is 15.1. The summed E-state index contributed by atoms with van der Waals surface area (Å²) < 4.78 is 2.17. The van der Waals surface area contributed by atoms with Crippen LogP contribution in [0.4, 0.5) is 5.95 Å². The van der Waals surface area contributed by atoms with E-state index < -0.39 is 0 Å². The molecule has 1 fully saturated rings. The van der Waals surface area contributed by atoms with Gasteiger partial charge in [-0.05, 0) is 62.0 Å². The van der Waals surface area contributed by atoms with E-state index in [2.05, 4.69) is 56.7 Å². The second kappa shape index (κ2) is 9.06. The first-order valence-corrected chi connectivity index (χ1v) is 10.8. The molecule has 3 aromatic rings. The fraction of sp³-hybridized carbons (Fsp3) is 0.391. The molecule has 0 aliphatic carbocycles. The molecule has 0 radical (unpaired) electrons. The third-order valence-electron chi connectivity index (χ3n) is 5.91. The van der Waals surface area contributed by atoms with Crippen molar-refractivity contribution in [3.63, 3.8) is 0 Å². The van der Waals surface area contributed by atoms with Gasteiger partial charge in [-0.25, -0.2) is 9.97 Å². The number of hydrogen-bond acceptors (Lipinski definition) is 5. The van der Waals surface area contributed by atoms with Crippen LogP contribution in [0.25, 0.3) is 16.7 Å². The second-order valence-electron chi connectivity index (χ2n) is 8.03. The summed E-state index contributed by atoms with van der Waals surface area (Å²) in [6.07, 6.45) is 8.69. The quantitative estimate of drug-likeness (QED) is 0.438. The molecule has 158 valence electrons. The standard InChI is InChI=1S/C23H28ClN5O/c1-16(30)19-13-26-23(27-14-19)29-9-6-17(7-10-29)12-25-8-5-18-15-28(2)22-4-3-20(24)11-21(18)22/h3-4,11,13-15,17,25,30H,1,5-10,12H2,2H3. The number of nitrogens with zero attached hydrogens (tertiary/aromatic N) is 4. The SMILES string of the molecule is C=C(O)c1cnc(N2CCC(CNCCc3cn(C)c4ccc(Cl)cc34)CC2)nc1. The number of anilines is 1. The Balaban J connectivity index is 1.23. The van der Waals surface area contributed by atoms with Gasteiger partial charge in [0.15, 0.2) is 0 Å². The van der Waals surface area contributed by atoms with Gasteiger partial charge in [-0.15, -0.1) is 0 Å². The predicted molar refractivity (Wildman–Crippen MR) is 123 cm³/mol. The fourth-order valence-corrected chi connectivity index (χ4v) is 4.32. The van der Waals surface area contributed by atoms with E-state index in [1.807, 2.05) is 6.07 Å². The summed E-state index contributed by atoms with van der Waals surface area (Å²) in [5, 5.41) is 15.1. The van der Waals surface area contributed by atoms with E-state index in [9.17, 15) is 5.11 Å². The Morgan fingerprint density at radius 2 is 2.00 bits per heavy atom. The fourth-order valence-electron chi connectivity index (χ4n) is 4.14. The van der Waals surface area contributed by atoms with Crippen LogP contribution in [-0.2, 0) is 13.5 Å². The third kappa shape index (κ3) is 4.60. The summed E-state index contributed by atoms with van der Waals surface area (Å²) in [5.41, 5.74) is 3.12. The van der Waals surface area contributed by atoms with Crippen molar-refractivity contribution in [3.05, 3.63) is 59.5 Å². The lowest BCUT2D eigenvalue weighted by atomic mass is 9.97. The van der Waals surface area contributed by atoms with Crippen LogP contribution < -0.4 is 10.2 Å². The minimum atomic E-state index is -0.00192. The highest BCUT2D eigenvalue weighted by atomic mass is 35.5. The van der Waals surface area contributed by atoms with Crippen LogP contribution in [0.15, 0.2) is 43.4 Å². The number of nitrogens with one attached hydrogen (secondary N) is 1. The minimum absolute atomic E-state index is 0.00192. The zero-order chi connectivity index (χ0) is 21.1. The van der Waals surface area contributed by atoms with Crippen LogP contribution in [0.1, 0.15) is 24.0 Å². The van der Waals surface area contributed by atoms with Crippen LogP contribution in [0, 0.1) is 5.92 Å². The highest BCUT2D eigenvalue weighted by Crippen LogP contribution is 2.25. The number of aryl methyl sites for hydroxylation is 1. The maximum Gasteiger partial charge on any atom is 0.225 e. The first kappa shape index (κ1) is 20.7. The zero-order valence-corrected chi connectivity index (χ0v) is 18.1. The lowest BCUT2D eigenvalue weighted by molar-refractivity contribution is 0.381. The largest absolute Gasteiger partial charge is 0.508 e. The molecule has 1 aliphatic heterocycles. The van der Waals surface area contributed by atoms with Crippen LogP contribution in [0.3, 0.4) is 0 Å². The molecule has 1 aliphatic rings. The number of aliphatic hydroxyl groups excluding tert-OH is 1. The highest BCUT2D eigenvalue weighted by molar-refractivity contribution is 6.31. The van der Waals surface area contributed by atoms with Gasteiger partial charge in [0.25, 0.3) is 0 Å². The molecule has 0 saturated carbocycles. The maximum absolute atomic E-state index is 9.40. The molecular weight excluding hydrogens is 398 g/mol. The molecule has 6 nitrogen and oxygen atoms in total. The van der Waals surface area contributed by atoms with E-state index in [0.29, 0.717) is 11.5 Å². The Bertz CT molecular complexity index is 1020. The molecule has 4 rings (SSSR count). The molecule has 1 aromatic carbocycles. The predicted octanol–water partition coefficient (Wildman–Crippen LogP) is 4.20. The monoisotopic (exact) mass is 425 g/mol. The molecule has 2 aromatic heterocycles. The number of rotatable bonds is 7.